The largest absolute Gasteiger partial charge is 0.617 e. The fourth-order valence-corrected chi connectivity index (χ4v) is 2.30. The first-order valence-electron chi connectivity index (χ1n) is 6.20. The summed E-state index contributed by atoms with van der Waals surface area (Å²) >= 11 is 5.38. The number of phenols is 1. The minimum atomic E-state index is -0.748. The SMILES string of the molecule is O=C(CCl)Oc1cccc2c1[n+]([O-])c1cccc(O)c1[n+]2[O-]. The van der Waals surface area contributed by atoms with Crippen molar-refractivity contribution in [2.24, 2.45) is 0 Å². The van der Waals surface area contributed by atoms with E-state index < -0.39 is 5.97 Å². The monoisotopic (exact) mass is 320 g/mol. The lowest BCUT2D eigenvalue weighted by Crippen LogP contribution is -2.39. The van der Waals surface area contributed by atoms with Crippen LogP contribution in [0.2, 0.25) is 0 Å². The molecule has 0 unspecified atom stereocenters. The molecule has 1 aromatic heterocycles. The Balaban J connectivity index is 2.44. The van der Waals surface area contributed by atoms with Crippen molar-refractivity contribution in [1.82, 2.24) is 0 Å². The average Bonchev–Trinajstić information content (AvgIpc) is 2.52. The smallest absolute Gasteiger partial charge is 0.333 e. The molecule has 0 atom stereocenters. The van der Waals surface area contributed by atoms with Gasteiger partial charge in [0, 0.05) is 12.1 Å². The number of aromatic hydroxyl groups is 1. The van der Waals surface area contributed by atoms with Crippen molar-refractivity contribution in [2.45, 2.75) is 0 Å². The van der Waals surface area contributed by atoms with E-state index in [4.69, 9.17) is 16.3 Å². The Morgan fingerprint density at radius 3 is 2.36 bits per heavy atom. The number of hydrogen-bond donors (Lipinski definition) is 1. The Morgan fingerprint density at radius 2 is 1.68 bits per heavy atom. The molecule has 0 saturated carbocycles. The predicted molar refractivity (Wildman–Crippen MR) is 77.4 cm³/mol. The van der Waals surface area contributed by atoms with Crippen molar-refractivity contribution >= 4 is 39.6 Å². The van der Waals surface area contributed by atoms with E-state index in [1.165, 1.54) is 36.4 Å². The third-order valence-electron chi connectivity index (χ3n) is 3.15. The van der Waals surface area contributed by atoms with Crippen LogP contribution in [0.25, 0.3) is 22.1 Å². The summed E-state index contributed by atoms with van der Waals surface area (Å²) in [5, 5.41) is 34.7. The third kappa shape index (κ3) is 2.03. The number of alkyl halides is 1. The number of carbonyl (C=O) groups excluding carboxylic acids is 1. The summed E-state index contributed by atoms with van der Waals surface area (Å²) in [6.07, 6.45) is 0. The number of fused-ring (bicyclic) bond motifs is 2. The van der Waals surface area contributed by atoms with E-state index in [0.717, 1.165) is 0 Å². The number of carbonyl (C=O) groups is 1. The van der Waals surface area contributed by atoms with Gasteiger partial charge in [-0.15, -0.1) is 11.6 Å². The molecule has 0 amide bonds. The second-order valence-corrected chi connectivity index (χ2v) is 4.73. The molecule has 22 heavy (non-hydrogen) atoms. The van der Waals surface area contributed by atoms with Gasteiger partial charge in [0.1, 0.15) is 5.88 Å². The quantitative estimate of drug-likeness (QED) is 0.190. The molecule has 7 nitrogen and oxygen atoms in total. The highest BCUT2D eigenvalue weighted by Crippen LogP contribution is 2.25. The number of esters is 1. The van der Waals surface area contributed by atoms with Gasteiger partial charge >= 0.3 is 17.0 Å². The van der Waals surface area contributed by atoms with Gasteiger partial charge in [-0.2, -0.15) is 9.46 Å². The van der Waals surface area contributed by atoms with Gasteiger partial charge in [0.05, 0.1) is 0 Å². The highest BCUT2D eigenvalue weighted by Gasteiger charge is 2.27. The molecule has 3 rings (SSSR count). The Labute approximate surface area is 128 Å². The minimum absolute atomic E-state index is 0.0381. The number of aromatic nitrogens is 2. The zero-order valence-corrected chi connectivity index (χ0v) is 11.8. The van der Waals surface area contributed by atoms with Crippen LogP contribution < -0.4 is 14.2 Å². The number of benzene rings is 2. The predicted octanol–water partition coefficient (Wildman–Crippen LogP) is 1.11. The maximum atomic E-state index is 12.5. The average molecular weight is 321 g/mol. The van der Waals surface area contributed by atoms with Crippen LogP contribution >= 0.6 is 11.6 Å². The molecule has 0 aliphatic rings. The van der Waals surface area contributed by atoms with Gasteiger partial charge in [-0.3, -0.25) is 4.79 Å². The molecule has 0 fully saturated rings. The summed E-state index contributed by atoms with van der Waals surface area (Å²) in [6, 6.07) is 8.36. The minimum Gasteiger partial charge on any atom is -0.617 e. The van der Waals surface area contributed by atoms with Crippen LogP contribution in [0, 0.1) is 10.4 Å². The number of halogens is 1. The van der Waals surface area contributed by atoms with Crippen LogP contribution in [-0.4, -0.2) is 17.0 Å². The molecule has 0 aliphatic heterocycles. The fourth-order valence-electron chi connectivity index (χ4n) is 2.24. The number of hydrogen-bond acceptors (Lipinski definition) is 5. The van der Waals surface area contributed by atoms with Crippen molar-refractivity contribution in [3.05, 3.63) is 46.8 Å². The van der Waals surface area contributed by atoms with Crippen LogP contribution in [0.4, 0.5) is 0 Å². The lowest BCUT2D eigenvalue weighted by molar-refractivity contribution is -0.591. The third-order valence-corrected chi connectivity index (χ3v) is 3.37. The Morgan fingerprint density at radius 1 is 1.09 bits per heavy atom. The maximum absolute atomic E-state index is 12.5. The van der Waals surface area contributed by atoms with E-state index in [9.17, 15) is 20.3 Å². The first-order chi connectivity index (χ1) is 10.5. The molecule has 1 N–H and O–H groups in total. The van der Waals surface area contributed by atoms with Crippen molar-refractivity contribution in [1.29, 1.82) is 0 Å². The zero-order chi connectivity index (χ0) is 15.9. The molecule has 0 aliphatic carbocycles. The van der Waals surface area contributed by atoms with E-state index in [1.54, 1.807) is 0 Å². The van der Waals surface area contributed by atoms with Crippen molar-refractivity contribution in [3.8, 4) is 11.5 Å². The number of phenolic OH excluding ortho intramolecular Hbond substituents is 1. The molecule has 1 heterocycles. The van der Waals surface area contributed by atoms with E-state index in [-0.39, 0.29) is 39.4 Å². The summed E-state index contributed by atoms with van der Waals surface area (Å²) in [7, 11) is 0. The number of ether oxygens (including phenoxy) is 1. The normalized spacial score (nSPS) is 11.0. The molecule has 0 saturated heterocycles. The Hall–Kier alpha value is -2.80. The molecule has 0 bridgehead atoms. The highest BCUT2D eigenvalue weighted by atomic mass is 35.5. The van der Waals surface area contributed by atoms with Crippen LogP contribution in [0.3, 0.4) is 0 Å². The van der Waals surface area contributed by atoms with E-state index in [1.807, 2.05) is 0 Å². The molecule has 8 heteroatoms. The van der Waals surface area contributed by atoms with Crippen molar-refractivity contribution in [2.75, 3.05) is 5.88 Å². The molecule has 2 aromatic carbocycles. The summed E-state index contributed by atoms with van der Waals surface area (Å²) in [6.45, 7) is 0. The van der Waals surface area contributed by atoms with Crippen LogP contribution in [-0.2, 0) is 4.79 Å². The fraction of sp³-hybridized carbons (Fsp3) is 0.0714. The van der Waals surface area contributed by atoms with Crippen molar-refractivity contribution in [3.63, 3.8) is 0 Å². The number of rotatable bonds is 2. The molecule has 112 valence electrons. The van der Waals surface area contributed by atoms with Crippen molar-refractivity contribution < 1.29 is 24.1 Å². The zero-order valence-electron chi connectivity index (χ0n) is 11.0. The van der Waals surface area contributed by atoms with E-state index in [2.05, 4.69) is 0 Å². The topological polar surface area (TPSA) is 100 Å². The van der Waals surface area contributed by atoms with Gasteiger partial charge in [0.15, 0.2) is 5.75 Å². The Kier molecular flexibility index (Phi) is 3.34. The van der Waals surface area contributed by atoms with Gasteiger partial charge in [0.25, 0.3) is 11.0 Å². The first-order valence-corrected chi connectivity index (χ1v) is 6.74. The summed E-state index contributed by atoms with van der Waals surface area (Å²) < 4.78 is 5.85. The van der Waals surface area contributed by atoms with Gasteiger partial charge in [-0.05, 0) is 12.1 Å². The number of nitrogens with zero attached hydrogens (tertiary/aromatic N) is 2. The summed E-state index contributed by atoms with van der Waals surface area (Å²) in [5.74, 6) is -1.53. The van der Waals surface area contributed by atoms with Gasteiger partial charge < -0.3 is 20.3 Å². The molecule has 0 spiro atoms. The molecular weight excluding hydrogens is 312 g/mol. The van der Waals surface area contributed by atoms with E-state index in [0.29, 0.717) is 9.46 Å². The Bertz CT molecular complexity index is 913. The molecular formula is C14H9ClN2O5. The first kappa shape index (κ1) is 14.2. The lowest BCUT2D eigenvalue weighted by atomic mass is 10.2. The van der Waals surface area contributed by atoms with Crippen LogP contribution in [0.1, 0.15) is 0 Å². The lowest BCUT2D eigenvalue weighted by Gasteiger charge is -2.10. The second-order valence-electron chi connectivity index (χ2n) is 4.47. The van der Waals surface area contributed by atoms with Crippen LogP contribution in [0.5, 0.6) is 11.5 Å². The maximum Gasteiger partial charge on any atom is 0.333 e. The van der Waals surface area contributed by atoms with Gasteiger partial charge in [-0.1, -0.05) is 12.1 Å². The molecule has 3 aromatic rings. The standard InChI is InChI=1S/C14H9ClN2O5/c15-7-12(19)22-11-6-2-4-9-14(11)17(21)8-3-1-5-10(18)13(8)16(9)20/h1-6,18H,7H2. The highest BCUT2D eigenvalue weighted by molar-refractivity contribution is 6.26. The van der Waals surface area contributed by atoms with Gasteiger partial charge in [0.2, 0.25) is 5.75 Å². The second kappa shape index (κ2) is 5.19. The summed E-state index contributed by atoms with van der Waals surface area (Å²) in [4.78, 5) is 11.3. The molecule has 0 radical (unpaired) electrons. The van der Waals surface area contributed by atoms with Crippen LogP contribution in [0.15, 0.2) is 36.4 Å². The van der Waals surface area contributed by atoms with E-state index >= 15 is 0 Å². The summed E-state index contributed by atoms with van der Waals surface area (Å²) in [5.41, 5.74) is -0.361. The van der Waals surface area contributed by atoms with Gasteiger partial charge in [-0.25, -0.2) is 0 Å². The number of para-hydroxylation sites is 2.